The number of hydrogen-bond acceptors (Lipinski definition) is 5. The smallest absolute Gasteiger partial charge is 0.340 e. The summed E-state index contributed by atoms with van der Waals surface area (Å²) in [4.78, 5) is 36.9. The molecule has 7 heteroatoms. The molecule has 24 heavy (non-hydrogen) atoms. The van der Waals surface area contributed by atoms with Crippen LogP contribution in [-0.2, 0) is 19.1 Å². The monoisotopic (exact) mass is 336 g/mol. The second-order valence-corrected chi connectivity index (χ2v) is 5.14. The zero-order chi connectivity index (χ0) is 18.1. The van der Waals surface area contributed by atoms with Gasteiger partial charge in [0.25, 0.3) is 5.91 Å². The lowest BCUT2D eigenvalue weighted by atomic mass is 10.1. The van der Waals surface area contributed by atoms with E-state index in [1.165, 1.54) is 17.9 Å². The fraction of sp³-hybridized carbons (Fsp3) is 0.471. The summed E-state index contributed by atoms with van der Waals surface area (Å²) in [5.74, 6) is -1.07. The van der Waals surface area contributed by atoms with Gasteiger partial charge in [-0.05, 0) is 31.5 Å². The van der Waals surface area contributed by atoms with Crippen LogP contribution in [0, 0.1) is 0 Å². The molecule has 1 rings (SSSR count). The van der Waals surface area contributed by atoms with E-state index in [-0.39, 0.29) is 30.6 Å². The number of benzene rings is 1. The maximum Gasteiger partial charge on any atom is 0.340 e. The zero-order valence-corrected chi connectivity index (χ0v) is 14.5. The standard InChI is InChI=1S/C17H24N2O5/c1-5-9-23-11-16(21)19(4)15-10-13(18-12(3)20)7-8-14(15)17(22)24-6-2/h7-8,10H,5-6,9,11H2,1-4H3,(H,18,20). The van der Waals surface area contributed by atoms with Crippen molar-refractivity contribution < 1.29 is 23.9 Å². The lowest BCUT2D eigenvalue weighted by Gasteiger charge is -2.21. The first kappa shape index (κ1) is 19.6. The van der Waals surface area contributed by atoms with Gasteiger partial charge in [0, 0.05) is 26.3 Å². The summed E-state index contributed by atoms with van der Waals surface area (Å²) < 4.78 is 10.3. The summed E-state index contributed by atoms with van der Waals surface area (Å²) in [7, 11) is 1.55. The second-order valence-electron chi connectivity index (χ2n) is 5.14. The van der Waals surface area contributed by atoms with E-state index in [4.69, 9.17) is 9.47 Å². The van der Waals surface area contributed by atoms with Crippen LogP contribution in [0.1, 0.15) is 37.6 Å². The fourth-order valence-electron chi connectivity index (χ4n) is 2.01. The lowest BCUT2D eigenvalue weighted by molar-refractivity contribution is -0.122. The highest BCUT2D eigenvalue weighted by Gasteiger charge is 2.20. The van der Waals surface area contributed by atoms with E-state index >= 15 is 0 Å². The summed E-state index contributed by atoms with van der Waals surface area (Å²) in [5, 5.41) is 2.63. The van der Waals surface area contributed by atoms with Crippen LogP contribution < -0.4 is 10.2 Å². The number of nitrogens with zero attached hydrogens (tertiary/aromatic N) is 1. The quantitative estimate of drug-likeness (QED) is 0.581. The van der Waals surface area contributed by atoms with Crippen molar-refractivity contribution in [1.82, 2.24) is 0 Å². The normalized spacial score (nSPS) is 10.2. The first-order valence-corrected chi connectivity index (χ1v) is 7.83. The number of ether oxygens (including phenoxy) is 2. The van der Waals surface area contributed by atoms with Crippen LogP contribution in [-0.4, -0.2) is 44.7 Å². The average molecular weight is 336 g/mol. The molecule has 132 valence electrons. The molecule has 0 saturated carbocycles. The molecule has 1 aromatic carbocycles. The number of amides is 2. The Bertz CT molecular complexity index is 601. The van der Waals surface area contributed by atoms with E-state index in [1.807, 2.05) is 6.92 Å². The van der Waals surface area contributed by atoms with Crippen LogP contribution in [0.2, 0.25) is 0 Å². The summed E-state index contributed by atoms with van der Waals surface area (Å²) in [6.45, 7) is 5.66. The Balaban J connectivity index is 3.11. The third-order valence-corrected chi connectivity index (χ3v) is 3.12. The molecule has 0 radical (unpaired) electrons. The predicted molar refractivity (Wildman–Crippen MR) is 91.2 cm³/mol. The highest BCUT2D eigenvalue weighted by molar-refractivity contribution is 6.04. The maximum absolute atomic E-state index is 12.2. The summed E-state index contributed by atoms with van der Waals surface area (Å²) >= 11 is 0. The minimum Gasteiger partial charge on any atom is -0.462 e. The van der Waals surface area contributed by atoms with Gasteiger partial charge >= 0.3 is 5.97 Å². The van der Waals surface area contributed by atoms with Gasteiger partial charge in [-0.2, -0.15) is 0 Å². The van der Waals surface area contributed by atoms with E-state index in [9.17, 15) is 14.4 Å². The van der Waals surface area contributed by atoms with Crippen LogP contribution in [0.15, 0.2) is 18.2 Å². The molecule has 7 nitrogen and oxygen atoms in total. The molecule has 0 unspecified atom stereocenters. The number of rotatable bonds is 8. The maximum atomic E-state index is 12.2. The molecule has 0 fully saturated rings. The van der Waals surface area contributed by atoms with Crippen LogP contribution >= 0.6 is 0 Å². The van der Waals surface area contributed by atoms with Crippen molar-refractivity contribution in [3.05, 3.63) is 23.8 Å². The molecule has 2 amide bonds. The van der Waals surface area contributed by atoms with Crippen LogP contribution in [0.3, 0.4) is 0 Å². The van der Waals surface area contributed by atoms with Crippen molar-refractivity contribution in [3.63, 3.8) is 0 Å². The van der Waals surface area contributed by atoms with Gasteiger partial charge in [-0.15, -0.1) is 0 Å². The van der Waals surface area contributed by atoms with Crippen molar-refractivity contribution in [1.29, 1.82) is 0 Å². The van der Waals surface area contributed by atoms with E-state index in [0.717, 1.165) is 6.42 Å². The molecule has 0 aliphatic heterocycles. The van der Waals surface area contributed by atoms with Gasteiger partial charge in [0.1, 0.15) is 6.61 Å². The number of hydrogen-bond donors (Lipinski definition) is 1. The van der Waals surface area contributed by atoms with E-state index in [1.54, 1.807) is 26.1 Å². The highest BCUT2D eigenvalue weighted by atomic mass is 16.5. The van der Waals surface area contributed by atoms with E-state index in [2.05, 4.69) is 5.32 Å². The highest BCUT2D eigenvalue weighted by Crippen LogP contribution is 2.25. The topological polar surface area (TPSA) is 84.9 Å². The van der Waals surface area contributed by atoms with Crippen molar-refractivity contribution in [2.45, 2.75) is 27.2 Å². The molecule has 0 atom stereocenters. The van der Waals surface area contributed by atoms with Gasteiger partial charge < -0.3 is 19.7 Å². The summed E-state index contributed by atoms with van der Waals surface area (Å²) in [6.07, 6.45) is 0.809. The van der Waals surface area contributed by atoms with Crippen LogP contribution in [0.25, 0.3) is 0 Å². The molecule has 0 spiro atoms. The Morgan fingerprint density at radius 1 is 1.21 bits per heavy atom. The summed E-state index contributed by atoms with van der Waals surface area (Å²) in [6, 6.07) is 4.67. The van der Waals surface area contributed by atoms with Gasteiger partial charge in [-0.1, -0.05) is 6.92 Å². The molecular weight excluding hydrogens is 312 g/mol. The fourth-order valence-corrected chi connectivity index (χ4v) is 2.01. The minimum atomic E-state index is -0.531. The Kier molecular flexibility index (Phi) is 7.91. The molecular formula is C17H24N2O5. The van der Waals surface area contributed by atoms with Crippen molar-refractivity contribution in [2.75, 3.05) is 37.1 Å². The van der Waals surface area contributed by atoms with Gasteiger partial charge in [0.05, 0.1) is 17.9 Å². The van der Waals surface area contributed by atoms with Crippen molar-refractivity contribution >= 4 is 29.2 Å². The third kappa shape index (κ3) is 5.66. The number of likely N-dealkylation sites (N-methyl/N-ethyl adjacent to an activating group) is 1. The molecule has 0 saturated heterocycles. The third-order valence-electron chi connectivity index (χ3n) is 3.12. The molecule has 0 aliphatic carbocycles. The average Bonchev–Trinajstić information content (AvgIpc) is 2.53. The van der Waals surface area contributed by atoms with Crippen molar-refractivity contribution in [2.24, 2.45) is 0 Å². The number of nitrogens with one attached hydrogen (secondary N) is 1. The first-order chi connectivity index (χ1) is 11.4. The predicted octanol–water partition coefficient (Wildman–Crippen LogP) is 2.21. The van der Waals surface area contributed by atoms with Crippen LogP contribution in [0.4, 0.5) is 11.4 Å². The van der Waals surface area contributed by atoms with Gasteiger partial charge in [-0.25, -0.2) is 4.79 Å². The number of anilines is 2. The Hall–Kier alpha value is -2.41. The first-order valence-electron chi connectivity index (χ1n) is 7.83. The van der Waals surface area contributed by atoms with E-state index < -0.39 is 5.97 Å². The Labute approximate surface area is 141 Å². The molecule has 1 aromatic rings. The molecule has 0 aliphatic rings. The summed E-state index contributed by atoms with van der Waals surface area (Å²) in [5.41, 5.74) is 1.08. The second kappa shape index (κ2) is 9.67. The molecule has 1 N–H and O–H groups in total. The van der Waals surface area contributed by atoms with Crippen molar-refractivity contribution in [3.8, 4) is 0 Å². The Morgan fingerprint density at radius 3 is 2.50 bits per heavy atom. The Morgan fingerprint density at radius 2 is 1.92 bits per heavy atom. The number of carbonyl (C=O) groups excluding carboxylic acids is 3. The number of esters is 1. The van der Waals surface area contributed by atoms with Crippen LogP contribution in [0.5, 0.6) is 0 Å². The largest absolute Gasteiger partial charge is 0.462 e. The SMILES string of the molecule is CCCOCC(=O)N(C)c1cc(NC(C)=O)ccc1C(=O)OCC. The number of carbonyl (C=O) groups is 3. The van der Waals surface area contributed by atoms with E-state index in [0.29, 0.717) is 18.0 Å². The molecule has 0 bridgehead atoms. The zero-order valence-electron chi connectivity index (χ0n) is 14.5. The molecule has 0 aromatic heterocycles. The lowest BCUT2D eigenvalue weighted by Crippen LogP contribution is -2.31. The molecule has 0 heterocycles. The minimum absolute atomic E-state index is 0.0863. The van der Waals surface area contributed by atoms with Gasteiger partial charge in [-0.3, -0.25) is 9.59 Å². The van der Waals surface area contributed by atoms with Gasteiger partial charge in [0.15, 0.2) is 0 Å². The van der Waals surface area contributed by atoms with Gasteiger partial charge in [0.2, 0.25) is 5.91 Å².